The molecule has 21 heavy (non-hydrogen) atoms. The topological polar surface area (TPSA) is 72.2 Å². The lowest BCUT2D eigenvalue weighted by Gasteiger charge is -2.18. The van der Waals surface area contributed by atoms with E-state index in [1.165, 1.54) is 13.0 Å². The minimum atomic E-state index is -0.398. The summed E-state index contributed by atoms with van der Waals surface area (Å²) in [5.41, 5.74) is 1.60. The van der Waals surface area contributed by atoms with Crippen molar-refractivity contribution in [3.05, 3.63) is 75.8 Å². The molecule has 0 unspecified atom stereocenters. The van der Waals surface area contributed by atoms with E-state index in [1.54, 1.807) is 18.2 Å². The van der Waals surface area contributed by atoms with E-state index in [0.29, 0.717) is 12.0 Å². The van der Waals surface area contributed by atoms with Crippen molar-refractivity contribution in [2.24, 2.45) is 0 Å². The van der Waals surface area contributed by atoms with Gasteiger partial charge in [0.05, 0.1) is 11.0 Å². The summed E-state index contributed by atoms with van der Waals surface area (Å²) >= 11 is 0. The van der Waals surface area contributed by atoms with Crippen molar-refractivity contribution in [2.45, 2.75) is 19.4 Å². The van der Waals surface area contributed by atoms with Crippen LogP contribution >= 0.6 is 0 Å². The number of nitro groups is 1. The third-order valence-electron chi connectivity index (χ3n) is 3.19. The zero-order valence-electron chi connectivity index (χ0n) is 11.7. The number of hydrogen-bond donors (Lipinski definition) is 1. The van der Waals surface area contributed by atoms with Crippen LogP contribution in [0.1, 0.15) is 24.1 Å². The predicted octanol–water partition coefficient (Wildman–Crippen LogP) is 3.01. The van der Waals surface area contributed by atoms with Crippen molar-refractivity contribution < 1.29 is 9.72 Å². The largest absolute Gasteiger partial charge is 0.349 e. The lowest BCUT2D eigenvalue weighted by atomic mass is 9.98. The van der Waals surface area contributed by atoms with Crippen molar-refractivity contribution in [1.29, 1.82) is 0 Å². The first-order chi connectivity index (χ1) is 10.1. The number of rotatable bonds is 5. The molecule has 0 aliphatic heterocycles. The van der Waals surface area contributed by atoms with Crippen molar-refractivity contribution in [3.63, 3.8) is 0 Å². The number of amides is 1. The molecule has 2 rings (SSSR count). The molecular formula is C16H16N2O3. The summed E-state index contributed by atoms with van der Waals surface area (Å²) in [7, 11) is 0. The van der Waals surface area contributed by atoms with Crippen LogP contribution in [0, 0.1) is 10.1 Å². The number of carbonyl (C=O) groups is 1. The Morgan fingerprint density at radius 2 is 1.76 bits per heavy atom. The van der Waals surface area contributed by atoms with Crippen molar-refractivity contribution >= 4 is 11.6 Å². The van der Waals surface area contributed by atoms with Gasteiger partial charge in [-0.05, 0) is 5.56 Å². The van der Waals surface area contributed by atoms with Gasteiger partial charge in [-0.15, -0.1) is 0 Å². The van der Waals surface area contributed by atoms with Gasteiger partial charge in [0.1, 0.15) is 0 Å². The van der Waals surface area contributed by atoms with E-state index in [9.17, 15) is 14.9 Å². The zero-order chi connectivity index (χ0) is 15.2. The third-order valence-corrected chi connectivity index (χ3v) is 3.19. The molecule has 108 valence electrons. The number of benzene rings is 2. The van der Waals surface area contributed by atoms with Crippen molar-refractivity contribution in [2.75, 3.05) is 0 Å². The molecule has 0 aromatic heterocycles. The molecule has 0 saturated carbocycles. The number of hydrogen-bond acceptors (Lipinski definition) is 3. The van der Waals surface area contributed by atoms with Crippen LogP contribution in [0.4, 0.5) is 5.69 Å². The first-order valence-corrected chi connectivity index (χ1v) is 6.62. The summed E-state index contributed by atoms with van der Waals surface area (Å²) in [5, 5.41) is 13.9. The minimum Gasteiger partial charge on any atom is -0.349 e. The summed E-state index contributed by atoms with van der Waals surface area (Å²) in [6.07, 6.45) is 0.376. The van der Waals surface area contributed by atoms with E-state index in [2.05, 4.69) is 5.32 Å². The molecular weight excluding hydrogens is 268 g/mol. The van der Waals surface area contributed by atoms with Crippen LogP contribution in [-0.4, -0.2) is 10.8 Å². The average molecular weight is 284 g/mol. The number of nitrogens with zero attached hydrogens (tertiary/aromatic N) is 1. The second-order valence-corrected chi connectivity index (χ2v) is 4.75. The average Bonchev–Trinajstić information content (AvgIpc) is 2.47. The molecule has 2 aromatic carbocycles. The Morgan fingerprint density at radius 1 is 1.14 bits per heavy atom. The molecule has 0 aliphatic carbocycles. The molecule has 2 aromatic rings. The number of nitro benzene ring substituents is 1. The normalized spacial score (nSPS) is 11.7. The molecule has 0 heterocycles. The van der Waals surface area contributed by atoms with Gasteiger partial charge in [0.25, 0.3) is 5.69 Å². The van der Waals surface area contributed by atoms with Crippen LogP contribution in [0.3, 0.4) is 0 Å². The highest BCUT2D eigenvalue weighted by molar-refractivity contribution is 5.73. The smallest absolute Gasteiger partial charge is 0.272 e. The van der Waals surface area contributed by atoms with Gasteiger partial charge in [-0.1, -0.05) is 48.5 Å². The third kappa shape index (κ3) is 3.89. The Bertz CT molecular complexity index is 641. The molecule has 1 atom stereocenters. The highest BCUT2D eigenvalue weighted by Gasteiger charge is 2.19. The van der Waals surface area contributed by atoms with Gasteiger partial charge in [0, 0.05) is 25.0 Å². The van der Waals surface area contributed by atoms with Crippen LogP contribution in [0.15, 0.2) is 54.6 Å². The van der Waals surface area contributed by atoms with E-state index in [0.717, 1.165) is 5.56 Å². The summed E-state index contributed by atoms with van der Waals surface area (Å²) in [6, 6.07) is 15.7. The summed E-state index contributed by atoms with van der Waals surface area (Å²) < 4.78 is 0. The number of para-hydroxylation sites is 1. The summed E-state index contributed by atoms with van der Waals surface area (Å²) in [6.45, 7) is 1.44. The first-order valence-electron chi connectivity index (χ1n) is 6.62. The van der Waals surface area contributed by atoms with Crippen LogP contribution < -0.4 is 5.32 Å². The molecule has 1 N–H and O–H groups in total. The Balaban J connectivity index is 2.32. The quantitative estimate of drug-likeness (QED) is 0.677. The van der Waals surface area contributed by atoms with E-state index >= 15 is 0 Å². The number of carbonyl (C=O) groups excluding carboxylic acids is 1. The van der Waals surface area contributed by atoms with Gasteiger partial charge in [-0.2, -0.15) is 0 Å². The lowest BCUT2D eigenvalue weighted by Crippen LogP contribution is -2.27. The SMILES string of the molecule is CC(=O)N[C@@H](Cc1ccccc1[N+](=O)[O-])c1ccccc1. The van der Waals surface area contributed by atoms with Crippen LogP contribution in [0.5, 0.6) is 0 Å². The summed E-state index contributed by atoms with van der Waals surface area (Å²) in [4.78, 5) is 22.1. The van der Waals surface area contributed by atoms with Gasteiger partial charge in [0.15, 0.2) is 0 Å². The fourth-order valence-corrected chi connectivity index (χ4v) is 2.26. The van der Waals surface area contributed by atoms with Crippen LogP contribution in [-0.2, 0) is 11.2 Å². The molecule has 0 aliphatic rings. The van der Waals surface area contributed by atoms with E-state index in [-0.39, 0.29) is 17.6 Å². The second kappa shape index (κ2) is 6.65. The highest BCUT2D eigenvalue weighted by atomic mass is 16.6. The van der Waals surface area contributed by atoms with E-state index in [4.69, 9.17) is 0 Å². The monoisotopic (exact) mass is 284 g/mol. The zero-order valence-corrected chi connectivity index (χ0v) is 11.7. The van der Waals surface area contributed by atoms with E-state index < -0.39 is 4.92 Å². The minimum absolute atomic E-state index is 0.0729. The Hall–Kier alpha value is -2.69. The molecule has 0 bridgehead atoms. The van der Waals surface area contributed by atoms with Crippen LogP contribution in [0.25, 0.3) is 0 Å². The highest BCUT2D eigenvalue weighted by Crippen LogP contribution is 2.24. The van der Waals surface area contributed by atoms with Gasteiger partial charge in [0.2, 0.25) is 5.91 Å². The Labute approximate surface area is 122 Å². The Morgan fingerprint density at radius 3 is 2.38 bits per heavy atom. The molecule has 0 radical (unpaired) electrons. The first kappa shape index (κ1) is 14.7. The van der Waals surface area contributed by atoms with Gasteiger partial charge in [-0.25, -0.2) is 0 Å². The molecule has 0 fully saturated rings. The standard InChI is InChI=1S/C16H16N2O3/c1-12(19)17-15(13-7-3-2-4-8-13)11-14-9-5-6-10-16(14)18(20)21/h2-10,15H,11H2,1H3,(H,17,19)/t15-/m0/s1. The second-order valence-electron chi connectivity index (χ2n) is 4.75. The fourth-order valence-electron chi connectivity index (χ4n) is 2.26. The maximum Gasteiger partial charge on any atom is 0.272 e. The maximum absolute atomic E-state index is 11.4. The Kier molecular flexibility index (Phi) is 4.66. The van der Waals surface area contributed by atoms with Crippen LogP contribution in [0.2, 0.25) is 0 Å². The van der Waals surface area contributed by atoms with Gasteiger partial charge < -0.3 is 5.32 Å². The molecule has 0 saturated heterocycles. The molecule has 5 nitrogen and oxygen atoms in total. The lowest BCUT2D eigenvalue weighted by molar-refractivity contribution is -0.385. The molecule has 1 amide bonds. The number of nitrogens with one attached hydrogen (secondary N) is 1. The van der Waals surface area contributed by atoms with Crippen molar-refractivity contribution in [1.82, 2.24) is 5.32 Å². The predicted molar refractivity (Wildman–Crippen MR) is 79.8 cm³/mol. The van der Waals surface area contributed by atoms with E-state index in [1.807, 2.05) is 30.3 Å². The van der Waals surface area contributed by atoms with Gasteiger partial charge in [-0.3, -0.25) is 14.9 Å². The molecule has 0 spiro atoms. The maximum atomic E-state index is 11.4. The fraction of sp³-hybridized carbons (Fsp3) is 0.188. The van der Waals surface area contributed by atoms with Crippen molar-refractivity contribution in [3.8, 4) is 0 Å². The molecule has 5 heteroatoms. The van der Waals surface area contributed by atoms with Gasteiger partial charge >= 0.3 is 0 Å². The summed E-state index contributed by atoms with van der Waals surface area (Å²) in [5.74, 6) is -0.164.